The minimum atomic E-state index is -3.35. The lowest BCUT2D eigenvalue weighted by Crippen LogP contribution is -2.13. The lowest BCUT2D eigenvalue weighted by Gasteiger charge is -2.10. The summed E-state index contributed by atoms with van der Waals surface area (Å²) < 4.78 is 27.4. The SMILES string of the molecule is COC(=O)C(O)c1ccc(S(C)(=O)=O)c(Br)c1. The smallest absolute Gasteiger partial charge is 0.339 e. The van der Waals surface area contributed by atoms with Crippen molar-refractivity contribution in [3.63, 3.8) is 0 Å². The molecule has 0 aliphatic rings. The highest BCUT2D eigenvalue weighted by Gasteiger charge is 2.20. The summed E-state index contributed by atoms with van der Waals surface area (Å²) in [5.74, 6) is -0.802. The molecule has 1 N–H and O–H groups in total. The molecule has 0 fully saturated rings. The first kappa shape index (κ1) is 14.1. The Hall–Kier alpha value is -0.920. The molecule has 0 spiro atoms. The van der Waals surface area contributed by atoms with Gasteiger partial charge in [0.15, 0.2) is 15.9 Å². The normalized spacial score (nSPS) is 13.2. The average molecular weight is 323 g/mol. The first-order chi connectivity index (χ1) is 7.77. The second-order valence-electron chi connectivity index (χ2n) is 3.39. The van der Waals surface area contributed by atoms with Crippen LogP contribution in [0.1, 0.15) is 11.7 Å². The standard InChI is InChI=1S/C10H11BrO5S/c1-16-10(13)9(12)6-3-4-8(7(11)5-6)17(2,14)15/h3-5,9,12H,1-2H3. The molecule has 0 saturated carbocycles. The van der Waals surface area contributed by atoms with Crippen molar-refractivity contribution >= 4 is 31.7 Å². The van der Waals surface area contributed by atoms with Crippen LogP contribution >= 0.6 is 15.9 Å². The molecule has 1 atom stereocenters. The Morgan fingerprint density at radius 3 is 2.47 bits per heavy atom. The number of aliphatic hydroxyl groups excluding tert-OH is 1. The van der Waals surface area contributed by atoms with Gasteiger partial charge in [0.25, 0.3) is 0 Å². The molecule has 1 unspecified atom stereocenters. The fraction of sp³-hybridized carbons (Fsp3) is 0.300. The van der Waals surface area contributed by atoms with Crippen LogP contribution in [0.4, 0.5) is 0 Å². The van der Waals surface area contributed by atoms with Crippen molar-refractivity contribution in [2.24, 2.45) is 0 Å². The molecule has 1 aromatic rings. The zero-order valence-electron chi connectivity index (χ0n) is 9.18. The zero-order chi connectivity index (χ0) is 13.2. The molecule has 0 radical (unpaired) electrons. The predicted octanol–water partition coefficient (Wildman–Crippen LogP) is 1.06. The monoisotopic (exact) mass is 322 g/mol. The predicted molar refractivity (Wildman–Crippen MR) is 64.2 cm³/mol. The van der Waals surface area contributed by atoms with E-state index < -0.39 is 21.9 Å². The summed E-state index contributed by atoms with van der Waals surface area (Å²) in [5.41, 5.74) is 0.260. The van der Waals surface area contributed by atoms with E-state index in [0.717, 1.165) is 13.4 Å². The number of sulfone groups is 1. The third kappa shape index (κ3) is 3.27. The van der Waals surface area contributed by atoms with Crippen molar-refractivity contribution in [3.8, 4) is 0 Å². The highest BCUT2D eigenvalue weighted by Crippen LogP contribution is 2.26. The highest BCUT2D eigenvalue weighted by molar-refractivity contribution is 9.10. The second kappa shape index (κ2) is 5.16. The van der Waals surface area contributed by atoms with Crippen molar-refractivity contribution in [1.29, 1.82) is 0 Å². The van der Waals surface area contributed by atoms with E-state index in [2.05, 4.69) is 20.7 Å². The molecule has 0 aromatic heterocycles. The Labute approximate surface area is 107 Å². The van der Waals surface area contributed by atoms with E-state index in [9.17, 15) is 18.3 Å². The molecular weight excluding hydrogens is 312 g/mol. The summed E-state index contributed by atoms with van der Waals surface area (Å²) in [4.78, 5) is 11.2. The van der Waals surface area contributed by atoms with Crippen LogP contribution in [0.25, 0.3) is 0 Å². The minimum Gasteiger partial charge on any atom is -0.467 e. The number of esters is 1. The van der Waals surface area contributed by atoms with Crippen LogP contribution < -0.4 is 0 Å². The van der Waals surface area contributed by atoms with Gasteiger partial charge < -0.3 is 9.84 Å². The van der Waals surface area contributed by atoms with Gasteiger partial charge >= 0.3 is 5.97 Å². The molecule has 1 aromatic carbocycles. The number of hydrogen-bond acceptors (Lipinski definition) is 5. The van der Waals surface area contributed by atoms with Crippen LogP contribution in [-0.4, -0.2) is 32.9 Å². The van der Waals surface area contributed by atoms with Crippen molar-refractivity contribution in [2.75, 3.05) is 13.4 Å². The van der Waals surface area contributed by atoms with E-state index in [1.54, 1.807) is 0 Å². The third-order valence-corrected chi connectivity index (χ3v) is 4.17. The van der Waals surface area contributed by atoms with Gasteiger partial charge in [-0.05, 0) is 33.6 Å². The van der Waals surface area contributed by atoms with Gasteiger partial charge in [-0.3, -0.25) is 0 Å². The summed E-state index contributed by atoms with van der Waals surface area (Å²) in [6, 6.07) is 4.06. The van der Waals surface area contributed by atoms with Gasteiger partial charge in [-0.25, -0.2) is 13.2 Å². The van der Waals surface area contributed by atoms with Gasteiger partial charge in [-0.1, -0.05) is 6.07 Å². The Morgan fingerprint density at radius 2 is 2.06 bits per heavy atom. The molecule has 0 heterocycles. The fourth-order valence-electron chi connectivity index (χ4n) is 1.24. The number of benzene rings is 1. The number of ether oxygens (including phenoxy) is 1. The number of hydrogen-bond donors (Lipinski definition) is 1. The summed E-state index contributed by atoms with van der Waals surface area (Å²) in [7, 11) is -2.19. The Morgan fingerprint density at radius 1 is 1.47 bits per heavy atom. The van der Waals surface area contributed by atoms with Crippen LogP contribution in [0.2, 0.25) is 0 Å². The molecule has 0 bridgehead atoms. The molecule has 94 valence electrons. The maximum atomic E-state index is 11.3. The molecular formula is C10H11BrO5S. The van der Waals surface area contributed by atoms with Gasteiger partial charge in [0.1, 0.15) is 0 Å². The van der Waals surface area contributed by atoms with E-state index in [0.29, 0.717) is 4.47 Å². The first-order valence-electron chi connectivity index (χ1n) is 4.52. The van der Waals surface area contributed by atoms with Gasteiger partial charge in [0.05, 0.1) is 12.0 Å². The van der Waals surface area contributed by atoms with E-state index in [4.69, 9.17) is 0 Å². The Balaban J connectivity index is 3.18. The molecule has 0 aliphatic carbocycles. The maximum Gasteiger partial charge on any atom is 0.339 e. The average Bonchev–Trinajstić information content (AvgIpc) is 2.25. The Bertz CT molecular complexity index is 538. The van der Waals surface area contributed by atoms with Gasteiger partial charge in [0.2, 0.25) is 0 Å². The number of rotatable bonds is 3. The van der Waals surface area contributed by atoms with Crippen molar-refractivity contribution < 1.29 is 23.1 Å². The van der Waals surface area contributed by atoms with E-state index in [1.165, 1.54) is 18.2 Å². The fourth-order valence-corrected chi connectivity index (χ4v) is 3.24. The summed E-state index contributed by atoms with van der Waals surface area (Å²) in [6.45, 7) is 0. The highest BCUT2D eigenvalue weighted by atomic mass is 79.9. The third-order valence-electron chi connectivity index (χ3n) is 2.10. The molecule has 17 heavy (non-hydrogen) atoms. The number of methoxy groups -OCH3 is 1. The Kier molecular flexibility index (Phi) is 4.29. The quantitative estimate of drug-likeness (QED) is 0.841. The number of carbonyl (C=O) groups excluding carboxylic acids is 1. The van der Waals surface area contributed by atoms with Crippen LogP contribution in [-0.2, 0) is 19.4 Å². The molecule has 0 amide bonds. The van der Waals surface area contributed by atoms with Crippen molar-refractivity contribution in [2.45, 2.75) is 11.0 Å². The molecule has 7 heteroatoms. The number of aliphatic hydroxyl groups is 1. The second-order valence-corrected chi connectivity index (χ2v) is 6.23. The summed E-state index contributed by atoms with van der Waals surface area (Å²) in [5, 5.41) is 9.56. The van der Waals surface area contributed by atoms with Crippen LogP contribution in [0, 0.1) is 0 Å². The van der Waals surface area contributed by atoms with Gasteiger partial charge in [-0.15, -0.1) is 0 Å². The summed E-state index contributed by atoms with van der Waals surface area (Å²) >= 11 is 3.08. The lowest BCUT2D eigenvalue weighted by molar-refractivity contribution is -0.150. The van der Waals surface area contributed by atoms with Crippen molar-refractivity contribution in [3.05, 3.63) is 28.2 Å². The van der Waals surface area contributed by atoms with E-state index in [-0.39, 0.29) is 10.5 Å². The summed E-state index contributed by atoms with van der Waals surface area (Å²) in [6.07, 6.45) is -0.353. The van der Waals surface area contributed by atoms with Crippen molar-refractivity contribution in [1.82, 2.24) is 0 Å². The van der Waals surface area contributed by atoms with Crippen LogP contribution in [0.15, 0.2) is 27.6 Å². The zero-order valence-corrected chi connectivity index (χ0v) is 11.6. The minimum absolute atomic E-state index is 0.0957. The molecule has 1 rings (SSSR count). The van der Waals surface area contributed by atoms with Gasteiger partial charge in [0, 0.05) is 10.7 Å². The van der Waals surface area contributed by atoms with E-state index in [1.807, 2.05) is 0 Å². The van der Waals surface area contributed by atoms with E-state index >= 15 is 0 Å². The topological polar surface area (TPSA) is 80.7 Å². The van der Waals surface area contributed by atoms with Crippen LogP contribution in [0.3, 0.4) is 0 Å². The maximum absolute atomic E-state index is 11.3. The van der Waals surface area contributed by atoms with Crippen LogP contribution in [0.5, 0.6) is 0 Å². The number of carbonyl (C=O) groups is 1. The first-order valence-corrected chi connectivity index (χ1v) is 7.21. The number of halogens is 1. The molecule has 0 saturated heterocycles. The van der Waals surface area contributed by atoms with Gasteiger partial charge in [-0.2, -0.15) is 0 Å². The molecule has 0 aliphatic heterocycles. The largest absolute Gasteiger partial charge is 0.467 e. The molecule has 5 nitrogen and oxygen atoms in total. The lowest BCUT2D eigenvalue weighted by atomic mass is 10.1.